The summed E-state index contributed by atoms with van der Waals surface area (Å²) in [6.07, 6.45) is 1.88. The van der Waals surface area contributed by atoms with Crippen LogP contribution in [-0.2, 0) is 21.5 Å². The zero-order chi connectivity index (χ0) is 18.0. The van der Waals surface area contributed by atoms with Crippen molar-refractivity contribution in [2.24, 2.45) is 0 Å². The van der Waals surface area contributed by atoms with Crippen LogP contribution in [0.5, 0.6) is 0 Å². The van der Waals surface area contributed by atoms with Crippen molar-refractivity contribution in [3.05, 3.63) is 35.4 Å². The van der Waals surface area contributed by atoms with Crippen LogP contribution in [-0.4, -0.2) is 41.9 Å². The average Bonchev–Trinajstić information content (AvgIpc) is 3.07. The van der Waals surface area contributed by atoms with Gasteiger partial charge in [-0.1, -0.05) is 31.2 Å². The van der Waals surface area contributed by atoms with Crippen molar-refractivity contribution in [2.45, 2.75) is 31.7 Å². The molecule has 3 rings (SSSR count). The molecule has 8 nitrogen and oxygen atoms in total. The van der Waals surface area contributed by atoms with Crippen LogP contribution in [0.15, 0.2) is 24.3 Å². The molecule has 1 aromatic rings. The van der Waals surface area contributed by atoms with E-state index in [2.05, 4.69) is 16.0 Å². The Labute approximate surface area is 144 Å². The molecule has 1 spiro atoms. The summed E-state index contributed by atoms with van der Waals surface area (Å²) in [4.78, 5) is 49.5. The van der Waals surface area contributed by atoms with Gasteiger partial charge in [0, 0.05) is 6.54 Å². The molecule has 1 atom stereocenters. The predicted octanol–water partition coefficient (Wildman–Crippen LogP) is 0.616. The molecule has 1 fully saturated rings. The average molecular weight is 344 g/mol. The number of aryl methyl sites for hydroxylation is 1. The van der Waals surface area contributed by atoms with Crippen molar-refractivity contribution in [3.8, 4) is 0 Å². The number of nitrogens with one attached hydrogen (secondary N) is 3. The minimum Gasteiger partial charge on any atom is -0.338 e. The van der Waals surface area contributed by atoms with E-state index in [1.807, 2.05) is 31.2 Å². The van der Waals surface area contributed by atoms with Gasteiger partial charge in [-0.15, -0.1) is 0 Å². The van der Waals surface area contributed by atoms with E-state index in [9.17, 15) is 19.2 Å². The number of fused-ring (bicyclic) bond motifs is 2. The summed E-state index contributed by atoms with van der Waals surface area (Å²) in [6.45, 7) is 1.82. The highest BCUT2D eigenvalue weighted by Crippen LogP contribution is 2.41. The van der Waals surface area contributed by atoms with Crippen LogP contribution in [0, 0.1) is 0 Å². The van der Waals surface area contributed by atoms with Gasteiger partial charge in [-0.25, -0.2) is 9.59 Å². The van der Waals surface area contributed by atoms with Gasteiger partial charge in [0.25, 0.3) is 5.91 Å². The fourth-order valence-electron chi connectivity index (χ4n) is 3.33. The number of imide groups is 2. The maximum absolute atomic E-state index is 12.9. The minimum absolute atomic E-state index is 0.433. The zero-order valence-electron chi connectivity index (χ0n) is 13.9. The van der Waals surface area contributed by atoms with Gasteiger partial charge in [0.15, 0.2) is 0 Å². The van der Waals surface area contributed by atoms with Gasteiger partial charge in [-0.05, 0) is 30.4 Å². The van der Waals surface area contributed by atoms with Crippen LogP contribution in [0.2, 0.25) is 0 Å². The number of nitrogens with zero attached hydrogens (tertiary/aromatic N) is 1. The molecule has 6 amide bonds. The van der Waals surface area contributed by atoms with E-state index in [-0.39, 0.29) is 0 Å². The van der Waals surface area contributed by atoms with E-state index >= 15 is 0 Å². The number of urea groups is 2. The summed E-state index contributed by atoms with van der Waals surface area (Å²) < 4.78 is 0. The van der Waals surface area contributed by atoms with Crippen LogP contribution in [0.1, 0.15) is 30.9 Å². The predicted molar refractivity (Wildman–Crippen MR) is 88.5 cm³/mol. The number of hydrogen-bond acceptors (Lipinski definition) is 4. The van der Waals surface area contributed by atoms with Crippen LogP contribution < -0.4 is 16.0 Å². The molecular formula is C17H20N4O4. The van der Waals surface area contributed by atoms with Gasteiger partial charge >= 0.3 is 12.1 Å². The smallest absolute Gasteiger partial charge is 0.325 e. The Hall–Kier alpha value is -2.90. The Kier molecular flexibility index (Phi) is 4.43. The Morgan fingerprint density at radius 1 is 1.28 bits per heavy atom. The monoisotopic (exact) mass is 344 g/mol. The summed E-state index contributed by atoms with van der Waals surface area (Å²) in [5.74, 6) is -1.16. The molecule has 1 heterocycles. The maximum Gasteiger partial charge on any atom is 0.325 e. The molecule has 1 saturated heterocycles. The first kappa shape index (κ1) is 16.9. The molecule has 3 N–H and O–H groups in total. The Morgan fingerprint density at radius 3 is 2.80 bits per heavy atom. The highest BCUT2D eigenvalue weighted by molar-refractivity contribution is 6.10. The number of carbonyl (C=O) groups excluding carboxylic acids is 4. The number of hydrogen-bond donors (Lipinski definition) is 3. The third-order valence-electron chi connectivity index (χ3n) is 4.51. The standard InChI is InChI=1S/C17H20N4O4/c1-2-9-18-15(24)19-13(22)10-21-14(23)17(20-16(21)25)8-7-11-5-3-4-6-12(11)17/h3-6H,2,7-10H2,1H3,(H,20,25)(H2,18,19,22,24). The second kappa shape index (κ2) is 6.54. The molecule has 0 saturated carbocycles. The number of carbonyl (C=O) groups is 4. The molecule has 1 unspecified atom stereocenters. The molecule has 25 heavy (non-hydrogen) atoms. The lowest BCUT2D eigenvalue weighted by Gasteiger charge is -2.22. The van der Waals surface area contributed by atoms with Crippen LogP contribution in [0.4, 0.5) is 9.59 Å². The molecule has 0 bridgehead atoms. The van der Waals surface area contributed by atoms with E-state index in [4.69, 9.17) is 0 Å². The normalized spacial score (nSPS) is 21.2. The largest absolute Gasteiger partial charge is 0.338 e. The number of rotatable bonds is 4. The first-order chi connectivity index (χ1) is 12.0. The fraction of sp³-hybridized carbons (Fsp3) is 0.412. The highest BCUT2D eigenvalue weighted by Gasteiger charge is 2.55. The van der Waals surface area contributed by atoms with Crippen molar-refractivity contribution in [2.75, 3.05) is 13.1 Å². The minimum atomic E-state index is -1.10. The molecule has 132 valence electrons. The summed E-state index contributed by atoms with van der Waals surface area (Å²) >= 11 is 0. The Bertz CT molecular complexity index is 748. The Morgan fingerprint density at radius 2 is 2.04 bits per heavy atom. The summed E-state index contributed by atoms with van der Waals surface area (Å²) in [7, 11) is 0. The quantitative estimate of drug-likeness (QED) is 0.696. The SMILES string of the molecule is CCCNC(=O)NC(=O)CN1C(=O)NC2(CCc3ccccc32)C1=O. The van der Waals surface area contributed by atoms with Crippen LogP contribution >= 0.6 is 0 Å². The summed E-state index contributed by atoms with van der Waals surface area (Å²) in [5.41, 5.74) is 0.691. The lowest BCUT2D eigenvalue weighted by Crippen LogP contribution is -2.47. The number of amides is 6. The van der Waals surface area contributed by atoms with Gasteiger partial charge in [0.05, 0.1) is 0 Å². The second-order valence-electron chi connectivity index (χ2n) is 6.19. The molecule has 2 aliphatic rings. The van der Waals surface area contributed by atoms with Crippen LogP contribution in [0.3, 0.4) is 0 Å². The molecule has 1 aliphatic carbocycles. The second-order valence-corrected chi connectivity index (χ2v) is 6.19. The first-order valence-electron chi connectivity index (χ1n) is 8.28. The third-order valence-corrected chi connectivity index (χ3v) is 4.51. The highest BCUT2D eigenvalue weighted by atomic mass is 16.2. The fourth-order valence-corrected chi connectivity index (χ4v) is 3.33. The van der Waals surface area contributed by atoms with Crippen molar-refractivity contribution < 1.29 is 19.2 Å². The van der Waals surface area contributed by atoms with Gasteiger partial charge in [-0.3, -0.25) is 19.8 Å². The van der Waals surface area contributed by atoms with E-state index in [0.29, 0.717) is 19.4 Å². The van der Waals surface area contributed by atoms with Gasteiger partial charge in [-0.2, -0.15) is 0 Å². The van der Waals surface area contributed by atoms with Crippen molar-refractivity contribution >= 4 is 23.9 Å². The summed E-state index contributed by atoms with van der Waals surface area (Å²) in [5, 5.41) is 7.35. The lowest BCUT2D eigenvalue weighted by atomic mass is 9.92. The van der Waals surface area contributed by atoms with Crippen molar-refractivity contribution in [3.63, 3.8) is 0 Å². The maximum atomic E-state index is 12.9. The van der Waals surface area contributed by atoms with E-state index in [1.54, 1.807) is 0 Å². The van der Waals surface area contributed by atoms with Gasteiger partial charge in [0.1, 0.15) is 12.1 Å². The number of benzene rings is 1. The topological polar surface area (TPSA) is 108 Å². The van der Waals surface area contributed by atoms with E-state index in [0.717, 1.165) is 22.4 Å². The summed E-state index contributed by atoms with van der Waals surface area (Å²) in [6, 6.07) is 6.20. The molecule has 0 aromatic heterocycles. The zero-order valence-corrected chi connectivity index (χ0v) is 13.9. The Balaban J connectivity index is 1.71. The first-order valence-corrected chi connectivity index (χ1v) is 8.28. The van der Waals surface area contributed by atoms with Gasteiger partial charge < -0.3 is 10.6 Å². The van der Waals surface area contributed by atoms with Crippen molar-refractivity contribution in [1.29, 1.82) is 0 Å². The van der Waals surface area contributed by atoms with Gasteiger partial charge in [0.2, 0.25) is 5.91 Å². The third kappa shape index (κ3) is 2.95. The molecule has 8 heteroatoms. The van der Waals surface area contributed by atoms with E-state index in [1.165, 1.54) is 0 Å². The molecular weight excluding hydrogens is 324 g/mol. The van der Waals surface area contributed by atoms with Crippen LogP contribution in [0.25, 0.3) is 0 Å². The lowest BCUT2D eigenvalue weighted by molar-refractivity contribution is -0.135. The van der Waals surface area contributed by atoms with Crippen molar-refractivity contribution in [1.82, 2.24) is 20.9 Å². The molecule has 1 aromatic carbocycles. The molecule has 1 aliphatic heterocycles. The van der Waals surface area contributed by atoms with E-state index < -0.39 is 36.0 Å². The molecule has 0 radical (unpaired) electrons.